The maximum Gasteiger partial charge on any atom is 0.336 e. The smallest absolute Gasteiger partial charge is 0.336 e. The molecule has 0 spiro atoms. The molecule has 0 saturated carbocycles. The Morgan fingerprint density at radius 3 is 2.40 bits per heavy atom. The van der Waals surface area contributed by atoms with Crippen molar-refractivity contribution < 1.29 is 9.53 Å². The Kier molecular flexibility index (Phi) is 6.03. The minimum Gasteiger partial charge on any atom is -0.466 e. The molecule has 4 nitrogen and oxygen atoms in total. The van der Waals surface area contributed by atoms with Crippen molar-refractivity contribution in [2.75, 3.05) is 7.11 Å². The molecule has 132 valence electrons. The molecule has 1 aliphatic heterocycles. The van der Waals surface area contributed by atoms with E-state index in [0.29, 0.717) is 23.5 Å². The summed E-state index contributed by atoms with van der Waals surface area (Å²) in [6.07, 6.45) is 1.44. The number of hydrogen-bond acceptors (Lipinski definition) is 4. The van der Waals surface area contributed by atoms with Gasteiger partial charge in [-0.15, -0.1) is 0 Å². The molecule has 0 amide bonds. The Bertz CT molecular complexity index is 749. The van der Waals surface area contributed by atoms with E-state index < -0.39 is 0 Å². The highest BCUT2D eigenvalue weighted by atomic mass is 16.5. The number of rotatable bonds is 5. The first-order chi connectivity index (χ1) is 11.9. The average Bonchev–Trinajstić information content (AvgIpc) is 2.60. The number of carbonyl (C=O) groups is 1. The molecule has 1 unspecified atom stereocenters. The molecule has 1 heterocycles. The molecule has 25 heavy (non-hydrogen) atoms. The van der Waals surface area contributed by atoms with Gasteiger partial charge in [-0.25, -0.2) is 4.79 Å². The number of allylic oxidation sites excluding steroid dienone is 3. The van der Waals surface area contributed by atoms with Crippen molar-refractivity contribution in [3.8, 4) is 6.07 Å². The van der Waals surface area contributed by atoms with E-state index in [1.807, 2.05) is 38.1 Å². The highest BCUT2D eigenvalue weighted by Gasteiger charge is 2.35. The topological polar surface area (TPSA) is 62.1 Å². The van der Waals surface area contributed by atoms with E-state index in [1.165, 1.54) is 7.11 Å². The SMILES string of the molecule is CCC1=C(C(=O)OC)C(c2ccc(C)cc2)C(C#N)=C(CC(C)C)N1. The van der Waals surface area contributed by atoms with Crippen molar-refractivity contribution in [1.82, 2.24) is 5.32 Å². The molecule has 4 heteroatoms. The van der Waals surface area contributed by atoms with Crippen molar-refractivity contribution in [2.24, 2.45) is 5.92 Å². The van der Waals surface area contributed by atoms with Crippen LogP contribution in [0.1, 0.15) is 50.7 Å². The normalized spacial score (nSPS) is 17.4. The summed E-state index contributed by atoms with van der Waals surface area (Å²) in [5.41, 5.74) is 4.98. The molecule has 0 aromatic heterocycles. The molecule has 0 bridgehead atoms. The lowest BCUT2D eigenvalue weighted by atomic mass is 9.79. The number of dihydropyridines is 1. The second kappa shape index (κ2) is 8.02. The fraction of sp³-hybridized carbons (Fsp3) is 0.429. The molecule has 1 aromatic carbocycles. The average molecular weight is 338 g/mol. The number of aryl methyl sites for hydroxylation is 1. The summed E-state index contributed by atoms with van der Waals surface area (Å²) >= 11 is 0. The van der Waals surface area contributed by atoms with E-state index in [2.05, 4.69) is 25.2 Å². The zero-order chi connectivity index (χ0) is 18.6. The van der Waals surface area contributed by atoms with Crippen LogP contribution < -0.4 is 5.32 Å². The van der Waals surface area contributed by atoms with Crippen LogP contribution in [0.15, 0.2) is 46.8 Å². The Morgan fingerprint density at radius 1 is 1.28 bits per heavy atom. The van der Waals surface area contributed by atoms with Crippen LogP contribution in [0.5, 0.6) is 0 Å². The van der Waals surface area contributed by atoms with Gasteiger partial charge in [0.25, 0.3) is 0 Å². The highest BCUT2D eigenvalue weighted by molar-refractivity contribution is 5.93. The third-order valence-corrected chi connectivity index (χ3v) is 4.43. The fourth-order valence-corrected chi connectivity index (χ4v) is 3.23. The standard InChI is InChI=1S/C21H26N2O2/c1-6-17-20(21(24)25-5)19(15-9-7-14(4)8-10-15)16(12-22)18(23-17)11-13(2)3/h7-10,13,19,23H,6,11H2,1-5H3. The third-order valence-electron chi connectivity index (χ3n) is 4.43. The monoisotopic (exact) mass is 338 g/mol. The van der Waals surface area contributed by atoms with Crippen LogP contribution in [-0.4, -0.2) is 13.1 Å². The fourth-order valence-electron chi connectivity index (χ4n) is 3.23. The molecule has 0 radical (unpaired) electrons. The van der Waals surface area contributed by atoms with Gasteiger partial charge in [0.2, 0.25) is 0 Å². The minimum absolute atomic E-state index is 0.383. The van der Waals surface area contributed by atoms with Crippen molar-refractivity contribution in [1.29, 1.82) is 5.26 Å². The lowest BCUT2D eigenvalue weighted by Crippen LogP contribution is -2.30. The zero-order valence-corrected chi connectivity index (χ0v) is 15.6. The summed E-state index contributed by atoms with van der Waals surface area (Å²) in [5.74, 6) is -0.364. The zero-order valence-electron chi connectivity index (χ0n) is 15.6. The number of esters is 1. The van der Waals surface area contributed by atoms with Crippen LogP contribution in [0.3, 0.4) is 0 Å². The summed E-state index contributed by atoms with van der Waals surface area (Å²) in [6.45, 7) is 8.26. The Morgan fingerprint density at radius 2 is 1.92 bits per heavy atom. The van der Waals surface area contributed by atoms with E-state index in [4.69, 9.17) is 4.74 Å². The van der Waals surface area contributed by atoms with Crippen LogP contribution in [0.25, 0.3) is 0 Å². The molecule has 0 aliphatic carbocycles. The maximum absolute atomic E-state index is 12.5. The van der Waals surface area contributed by atoms with E-state index >= 15 is 0 Å². The predicted molar refractivity (Wildman–Crippen MR) is 98.5 cm³/mol. The van der Waals surface area contributed by atoms with Gasteiger partial charge < -0.3 is 10.1 Å². The molecule has 1 aliphatic rings. The number of nitrogens with zero attached hydrogens (tertiary/aromatic N) is 1. The molecule has 1 aromatic rings. The first-order valence-electron chi connectivity index (χ1n) is 8.70. The summed E-state index contributed by atoms with van der Waals surface area (Å²) in [4.78, 5) is 12.5. The number of nitriles is 1. The molecule has 2 rings (SSSR count). The lowest BCUT2D eigenvalue weighted by molar-refractivity contribution is -0.136. The van der Waals surface area contributed by atoms with Gasteiger partial charge in [-0.1, -0.05) is 50.6 Å². The number of nitrogens with one attached hydrogen (secondary N) is 1. The van der Waals surface area contributed by atoms with Crippen LogP contribution in [-0.2, 0) is 9.53 Å². The number of ether oxygens (including phenoxy) is 1. The van der Waals surface area contributed by atoms with Gasteiger partial charge in [-0.3, -0.25) is 0 Å². The highest BCUT2D eigenvalue weighted by Crippen LogP contribution is 2.40. The quantitative estimate of drug-likeness (QED) is 0.811. The molecule has 0 fully saturated rings. The second-order valence-electron chi connectivity index (χ2n) is 6.81. The molecule has 1 N–H and O–H groups in total. The number of benzene rings is 1. The maximum atomic E-state index is 12.5. The lowest BCUT2D eigenvalue weighted by Gasteiger charge is -2.31. The van der Waals surface area contributed by atoms with Gasteiger partial charge in [0.05, 0.1) is 30.2 Å². The first-order valence-corrected chi connectivity index (χ1v) is 8.70. The van der Waals surface area contributed by atoms with E-state index in [1.54, 1.807) is 0 Å². The summed E-state index contributed by atoms with van der Waals surface area (Å²) in [7, 11) is 1.38. The van der Waals surface area contributed by atoms with Gasteiger partial charge in [-0.05, 0) is 31.2 Å². The molecule has 0 saturated heterocycles. The van der Waals surface area contributed by atoms with Crippen molar-refractivity contribution in [2.45, 2.75) is 46.5 Å². The molecular weight excluding hydrogens is 312 g/mol. The Labute approximate surface area is 150 Å². The van der Waals surface area contributed by atoms with Gasteiger partial charge >= 0.3 is 5.97 Å². The van der Waals surface area contributed by atoms with Crippen LogP contribution in [0, 0.1) is 24.2 Å². The van der Waals surface area contributed by atoms with Gasteiger partial charge in [-0.2, -0.15) is 5.26 Å². The number of hydrogen-bond donors (Lipinski definition) is 1. The third kappa shape index (κ3) is 3.93. The summed E-state index contributed by atoms with van der Waals surface area (Å²) in [6, 6.07) is 10.4. The molecular formula is C21H26N2O2. The second-order valence-corrected chi connectivity index (χ2v) is 6.81. The van der Waals surface area contributed by atoms with Crippen molar-refractivity contribution >= 4 is 5.97 Å². The minimum atomic E-state index is -0.386. The first kappa shape index (κ1) is 18.8. The predicted octanol–water partition coefficient (Wildman–Crippen LogP) is 4.34. The van der Waals surface area contributed by atoms with Crippen molar-refractivity contribution in [3.63, 3.8) is 0 Å². The van der Waals surface area contributed by atoms with E-state index in [-0.39, 0.29) is 11.9 Å². The van der Waals surface area contributed by atoms with Crippen molar-refractivity contribution in [3.05, 3.63) is 57.9 Å². The largest absolute Gasteiger partial charge is 0.466 e. The van der Waals surface area contributed by atoms with Crippen LogP contribution in [0.2, 0.25) is 0 Å². The van der Waals surface area contributed by atoms with Gasteiger partial charge in [0.15, 0.2) is 0 Å². The van der Waals surface area contributed by atoms with Gasteiger partial charge in [0.1, 0.15) is 0 Å². The summed E-state index contributed by atoms with van der Waals surface area (Å²) < 4.78 is 5.04. The van der Waals surface area contributed by atoms with E-state index in [9.17, 15) is 10.1 Å². The van der Waals surface area contributed by atoms with E-state index in [0.717, 1.165) is 28.9 Å². The van der Waals surface area contributed by atoms with Crippen LogP contribution >= 0.6 is 0 Å². The Hall–Kier alpha value is -2.54. The van der Waals surface area contributed by atoms with Gasteiger partial charge in [0, 0.05) is 11.4 Å². The molecule has 1 atom stereocenters. The number of methoxy groups -OCH3 is 1. The number of carbonyl (C=O) groups excluding carboxylic acids is 1. The Balaban J connectivity index is 2.68. The summed E-state index contributed by atoms with van der Waals surface area (Å²) in [5, 5.41) is 13.2. The van der Waals surface area contributed by atoms with Crippen LogP contribution in [0.4, 0.5) is 0 Å².